The van der Waals surface area contributed by atoms with Crippen molar-refractivity contribution in [2.75, 3.05) is 19.8 Å². The quantitative estimate of drug-likeness (QED) is 0.201. The Morgan fingerprint density at radius 2 is 1.02 bits per heavy atom. The maximum absolute atomic E-state index is 13.4. The molecule has 0 N–H and O–H groups in total. The van der Waals surface area contributed by atoms with Crippen LogP contribution in [0, 0.1) is 0 Å². The van der Waals surface area contributed by atoms with Crippen molar-refractivity contribution >= 4 is 34.2 Å². The monoisotopic (exact) mass is 675 g/mol. The number of unbranched alkanes of at least 4 members (excludes halogenated alkanes) is 1. The second-order valence-electron chi connectivity index (χ2n) is 13.4. The third-order valence-corrected chi connectivity index (χ3v) is 26.3. The molecule has 0 aliphatic carbocycles. The van der Waals surface area contributed by atoms with E-state index >= 15 is 0 Å². The van der Waals surface area contributed by atoms with Gasteiger partial charge in [-0.15, -0.1) is 0 Å². The van der Waals surface area contributed by atoms with E-state index in [0.717, 1.165) is 49.1 Å². The highest BCUT2D eigenvalue weighted by atomic mass is 28.5. The van der Waals surface area contributed by atoms with Gasteiger partial charge in [-0.25, -0.2) is 28.1 Å². The van der Waals surface area contributed by atoms with Gasteiger partial charge in [0.05, 0.1) is 44.7 Å². The lowest BCUT2D eigenvalue weighted by Gasteiger charge is -2.49. The number of epoxide rings is 3. The maximum atomic E-state index is 13.4. The largest absolute Gasteiger partial charge is 0.416 e. The average molecular weight is 676 g/mol. The highest BCUT2D eigenvalue weighted by Gasteiger charge is 2.55. The fourth-order valence-electron chi connectivity index (χ4n) is 6.13. The first kappa shape index (κ1) is 33.4. The van der Waals surface area contributed by atoms with Crippen LogP contribution in [0.25, 0.3) is 0 Å². The second kappa shape index (κ2) is 13.0. The van der Waals surface area contributed by atoms with E-state index in [1.807, 2.05) is 6.92 Å². The molecule has 13 nitrogen and oxygen atoms in total. The van der Waals surface area contributed by atoms with Gasteiger partial charge in [0.1, 0.15) is 0 Å². The fourth-order valence-corrected chi connectivity index (χ4v) is 28.9. The minimum atomic E-state index is -2.92. The lowest BCUT2D eigenvalue weighted by atomic mass is 10.3. The van der Waals surface area contributed by atoms with E-state index in [0.29, 0.717) is 25.5 Å². The van der Waals surface area contributed by atoms with Crippen molar-refractivity contribution in [2.24, 2.45) is 0 Å². The first-order valence-electron chi connectivity index (χ1n) is 15.8. The lowest BCUT2D eigenvalue weighted by molar-refractivity contribution is 0.222. The third kappa shape index (κ3) is 9.05. The third-order valence-electron chi connectivity index (χ3n) is 8.35. The van der Waals surface area contributed by atoms with Gasteiger partial charge in [0.25, 0.3) is 0 Å². The minimum absolute atomic E-state index is 0.153. The van der Waals surface area contributed by atoms with Gasteiger partial charge >= 0.3 is 51.3 Å². The molecule has 4 saturated heterocycles. The Kier molecular flexibility index (Phi) is 10.1. The normalized spacial score (nSPS) is 34.9. The molecule has 43 heavy (non-hydrogen) atoms. The summed E-state index contributed by atoms with van der Waals surface area (Å²) in [6.45, 7) is 15.1. The van der Waals surface area contributed by atoms with Crippen LogP contribution < -0.4 is 17.1 Å². The SMILES string of the molecule is CCCCn1c(=O)n(CCC[Si]2(C)O[Si](C)(CCC3CO3)O[Si](C)(C)O[Si](C)(CCC3CO3)O2)c(=O)n(CC2CO2)c1=O. The van der Waals surface area contributed by atoms with Gasteiger partial charge in [0, 0.05) is 13.1 Å². The van der Waals surface area contributed by atoms with Crippen LogP contribution in [0.5, 0.6) is 0 Å². The summed E-state index contributed by atoms with van der Waals surface area (Å²) in [6.07, 6.45) is 4.09. The number of aromatic nitrogens is 3. The van der Waals surface area contributed by atoms with Crippen LogP contribution in [0.1, 0.15) is 39.0 Å². The van der Waals surface area contributed by atoms with Crippen molar-refractivity contribution in [3.05, 3.63) is 31.5 Å². The molecule has 17 heteroatoms. The Labute approximate surface area is 257 Å². The van der Waals surface area contributed by atoms with Crippen molar-refractivity contribution in [2.45, 2.75) is 128 Å². The van der Waals surface area contributed by atoms with Gasteiger partial charge in [-0.3, -0.25) is 0 Å². The molecule has 0 saturated carbocycles. The summed E-state index contributed by atoms with van der Waals surface area (Å²) in [5.74, 6) is 0. The number of ether oxygens (including phenoxy) is 3. The number of nitrogens with zero attached hydrogens (tertiary/aromatic N) is 3. The van der Waals surface area contributed by atoms with E-state index in [9.17, 15) is 14.4 Å². The first-order chi connectivity index (χ1) is 20.2. The standard InChI is InChI=1S/C26H49N3O10Si4/c1-7-8-12-27-24(30)28(26(32)29(25(27)31)17-23-20-35-23)13-9-14-41(4)38-42(5,15-10-21-18-33-21)36-40(2,3)37-43(6,39-41)16-11-22-19-34-22/h21-23H,7-20H2,1-6H3. The summed E-state index contributed by atoms with van der Waals surface area (Å²) in [4.78, 5) is 39.9. The fraction of sp³-hybridized carbons (Fsp3) is 0.885. The van der Waals surface area contributed by atoms with E-state index in [2.05, 4.69) is 32.7 Å². The highest BCUT2D eigenvalue weighted by molar-refractivity contribution is 6.93. The number of hydrogen-bond donors (Lipinski definition) is 0. The lowest BCUT2D eigenvalue weighted by Crippen LogP contribution is -2.66. The Hall–Kier alpha value is -1.00. The molecule has 4 aliphatic rings. The van der Waals surface area contributed by atoms with Gasteiger partial charge in [-0.2, -0.15) is 0 Å². The molecule has 1 aromatic rings. The molecule has 0 aromatic carbocycles. The molecule has 0 bridgehead atoms. The summed E-state index contributed by atoms with van der Waals surface area (Å²) in [5, 5.41) is 0. The van der Waals surface area contributed by atoms with Crippen LogP contribution >= 0.6 is 0 Å². The van der Waals surface area contributed by atoms with E-state index in [1.54, 1.807) is 0 Å². The van der Waals surface area contributed by atoms with Crippen LogP contribution in [0.15, 0.2) is 14.4 Å². The van der Waals surface area contributed by atoms with Crippen molar-refractivity contribution in [3.8, 4) is 0 Å². The molecule has 4 fully saturated rings. The van der Waals surface area contributed by atoms with Crippen molar-refractivity contribution in [3.63, 3.8) is 0 Å². The molecular weight excluding hydrogens is 627 g/mol. The van der Waals surface area contributed by atoms with E-state index in [-0.39, 0.29) is 37.9 Å². The average Bonchev–Trinajstić information content (AvgIpc) is 3.76. The van der Waals surface area contributed by atoms with E-state index < -0.39 is 51.3 Å². The van der Waals surface area contributed by atoms with Crippen molar-refractivity contribution < 1.29 is 30.7 Å². The molecule has 244 valence electrons. The zero-order valence-corrected chi connectivity index (χ0v) is 30.6. The van der Waals surface area contributed by atoms with E-state index in [4.69, 9.17) is 30.7 Å². The van der Waals surface area contributed by atoms with E-state index in [1.165, 1.54) is 9.13 Å². The van der Waals surface area contributed by atoms with Crippen molar-refractivity contribution in [1.82, 2.24) is 13.7 Å². The Morgan fingerprint density at radius 3 is 1.47 bits per heavy atom. The second-order valence-corrected chi connectivity index (χ2v) is 27.7. The molecule has 0 amide bonds. The molecular formula is C26H49N3O10Si4. The van der Waals surface area contributed by atoms with Gasteiger partial charge in [0.15, 0.2) is 0 Å². The Balaban J connectivity index is 1.38. The topological polar surface area (TPSA) is 141 Å². The highest BCUT2D eigenvalue weighted by Crippen LogP contribution is 2.38. The predicted molar refractivity (Wildman–Crippen MR) is 168 cm³/mol. The maximum Gasteiger partial charge on any atom is 0.336 e. The van der Waals surface area contributed by atoms with Crippen LogP contribution in [-0.4, -0.2) is 86.1 Å². The minimum Gasteiger partial charge on any atom is -0.416 e. The summed E-state index contributed by atoms with van der Waals surface area (Å²) in [7, 11) is -10.9. The summed E-state index contributed by atoms with van der Waals surface area (Å²) >= 11 is 0. The van der Waals surface area contributed by atoms with Crippen LogP contribution in [0.4, 0.5) is 0 Å². The molecule has 0 spiro atoms. The van der Waals surface area contributed by atoms with Gasteiger partial charge in [-0.05, 0) is 76.6 Å². The zero-order valence-electron chi connectivity index (χ0n) is 26.6. The Bertz CT molecular complexity index is 1290. The number of rotatable bonds is 15. The summed E-state index contributed by atoms with van der Waals surface area (Å²) in [6, 6.07) is 2.12. The smallest absolute Gasteiger partial charge is 0.336 e. The molecule has 4 aliphatic heterocycles. The molecule has 0 radical (unpaired) electrons. The molecule has 5 rings (SSSR count). The molecule has 1 aromatic heterocycles. The zero-order chi connectivity index (χ0) is 31.0. The summed E-state index contributed by atoms with van der Waals surface area (Å²) in [5.41, 5.74) is -1.71. The summed E-state index contributed by atoms with van der Waals surface area (Å²) < 4.78 is 47.7. The van der Waals surface area contributed by atoms with Crippen LogP contribution in [0.3, 0.4) is 0 Å². The van der Waals surface area contributed by atoms with Gasteiger partial charge in [-0.1, -0.05) is 13.3 Å². The molecule has 5 heterocycles. The van der Waals surface area contributed by atoms with Gasteiger partial charge in [0.2, 0.25) is 0 Å². The van der Waals surface area contributed by atoms with Gasteiger partial charge < -0.3 is 30.7 Å². The number of hydrogen-bond acceptors (Lipinski definition) is 10. The van der Waals surface area contributed by atoms with Crippen molar-refractivity contribution in [1.29, 1.82) is 0 Å². The Morgan fingerprint density at radius 1 is 0.605 bits per heavy atom. The predicted octanol–water partition coefficient (Wildman–Crippen LogP) is 2.34. The van der Waals surface area contributed by atoms with Crippen LogP contribution in [-0.2, 0) is 50.3 Å². The van der Waals surface area contributed by atoms with Crippen LogP contribution in [0.2, 0.25) is 50.9 Å². The first-order valence-corrected chi connectivity index (χ1v) is 26.2. The molecule has 5 unspecified atom stereocenters. The molecule has 5 atom stereocenters.